The van der Waals surface area contributed by atoms with Crippen molar-refractivity contribution in [3.63, 3.8) is 0 Å². The second-order valence-corrected chi connectivity index (χ2v) is 4.55. The van der Waals surface area contributed by atoms with Crippen LogP contribution in [0.1, 0.15) is 12.0 Å². The minimum Gasteiger partial charge on any atom is -0.309 e. The molecule has 1 atom stereocenters. The molecule has 2 N–H and O–H groups in total. The Balaban J connectivity index is 2.70. The molecule has 1 rings (SSSR count). The van der Waals surface area contributed by atoms with Gasteiger partial charge in [0.1, 0.15) is 5.54 Å². The van der Waals surface area contributed by atoms with Crippen molar-refractivity contribution < 1.29 is 13.2 Å². The largest absolute Gasteiger partial charge is 0.390 e. The van der Waals surface area contributed by atoms with Crippen LogP contribution in [0.15, 0.2) is 30.3 Å². The Kier molecular flexibility index (Phi) is 4.92. The maximum atomic E-state index is 12.1. The minimum absolute atomic E-state index is 0.0452. The average Bonchev–Trinajstić information content (AvgIpc) is 2.36. The van der Waals surface area contributed by atoms with Crippen LogP contribution in [0, 0.1) is 11.3 Å². The van der Waals surface area contributed by atoms with E-state index >= 15 is 0 Å². The molecule has 0 aromatic heterocycles. The summed E-state index contributed by atoms with van der Waals surface area (Å²) in [5.41, 5.74) is 5.26. The predicted molar refractivity (Wildman–Crippen MR) is 66.1 cm³/mol. The molecule has 0 spiro atoms. The molecular weight excluding hydrogens is 255 g/mol. The molecule has 1 unspecified atom stereocenters. The maximum Gasteiger partial charge on any atom is 0.390 e. The fraction of sp³-hybridized carbons (Fsp3) is 0.462. The van der Waals surface area contributed by atoms with Gasteiger partial charge in [0.2, 0.25) is 0 Å². The molecule has 6 heteroatoms. The number of benzene rings is 1. The molecule has 1 aromatic carbocycles. The number of rotatable bonds is 5. The van der Waals surface area contributed by atoms with Crippen molar-refractivity contribution >= 4 is 0 Å². The van der Waals surface area contributed by atoms with Crippen LogP contribution in [0.4, 0.5) is 13.2 Å². The summed E-state index contributed by atoms with van der Waals surface area (Å²) < 4.78 is 36.4. The summed E-state index contributed by atoms with van der Waals surface area (Å²) in [6.45, 7) is -0.138. The van der Waals surface area contributed by atoms with E-state index in [0.29, 0.717) is 5.56 Å². The van der Waals surface area contributed by atoms with Gasteiger partial charge in [-0.3, -0.25) is 0 Å². The van der Waals surface area contributed by atoms with E-state index in [1.165, 1.54) is 11.9 Å². The van der Waals surface area contributed by atoms with Crippen LogP contribution in [-0.2, 0) is 5.54 Å². The highest BCUT2D eigenvalue weighted by molar-refractivity contribution is 5.31. The van der Waals surface area contributed by atoms with Gasteiger partial charge in [0.05, 0.1) is 12.5 Å². The van der Waals surface area contributed by atoms with Gasteiger partial charge in [-0.2, -0.15) is 18.4 Å². The lowest BCUT2D eigenvalue weighted by Crippen LogP contribution is -2.46. The van der Waals surface area contributed by atoms with Gasteiger partial charge in [0, 0.05) is 13.1 Å². The molecule has 0 radical (unpaired) electrons. The molecule has 3 nitrogen and oxygen atoms in total. The Labute approximate surface area is 110 Å². The van der Waals surface area contributed by atoms with Gasteiger partial charge in [-0.1, -0.05) is 30.3 Å². The number of hydrogen-bond acceptors (Lipinski definition) is 3. The summed E-state index contributed by atoms with van der Waals surface area (Å²) in [6, 6.07) is 10.6. The van der Waals surface area contributed by atoms with E-state index in [1.807, 2.05) is 6.07 Å². The SMILES string of the molecule is CN(CCC(F)(F)F)CC(N)(C#N)c1ccccc1. The first-order chi connectivity index (χ1) is 8.77. The van der Waals surface area contributed by atoms with Crippen LogP contribution in [0.25, 0.3) is 0 Å². The molecule has 0 aliphatic carbocycles. The first-order valence-electron chi connectivity index (χ1n) is 5.78. The summed E-state index contributed by atoms with van der Waals surface area (Å²) in [7, 11) is 1.52. The monoisotopic (exact) mass is 271 g/mol. The second kappa shape index (κ2) is 6.04. The molecule has 1 aromatic rings. The number of alkyl halides is 3. The topological polar surface area (TPSA) is 53.0 Å². The molecule has 0 saturated carbocycles. The third-order valence-corrected chi connectivity index (χ3v) is 2.78. The molecule has 0 heterocycles. The first-order valence-corrected chi connectivity index (χ1v) is 5.78. The number of hydrogen-bond donors (Lipinski definition) is 1. The molecule has 19 heavy (non-hydrogen) atoms. The summed E-state index contributed by atoms with van der Waals surface area (Å²) in [4.78, 5) is 1.42. The highest BCUT2D eigenvalue weighted by Gasteiger charge is 2.31. The maximum absolute atomic E-state index is 12.1. The Morgan fingerprint density at radius 3 is 2.32 bits per heavy atom. The van der Waals surface area contributed by atoms with E-state index in [0.717, 1.165) is 0 Å². The van der Waals surface area contributed by atoms with E-state index < -0.39 is 18.1 Å². The van der Waals surface area contributed by atoms with Crippen molar-refractivity contribution in [1.29, 1.82) is 5.26 Å². The Bertz CT molecular complexity index is 439. The van der Waals surface area contributed by atoms with E-state index in [9.17, 15) is 18.4 Å². The number of nitrogens with two attached hydrogens (primary N) is 1. The van der Waals surface area contributed by atoms with Crippen LogP contribution in [0.2, 0.25) is 0 Å². The summed E-state index contributed by atoms with van der Waals surface area (Å²) in [6.07, 6.45) is -5.12. The normalized spacial score (nSPS) is 15.0. The zero-order valence-corrected chi connectivity index (χ0v) is 10.6. The first kappa shape index (κ1) is 15.5. The van der Waals surface area contributed by atoms with E-state index in [2.05, 4.69) is 0 Å². The van der Waals surface area contributed by atoms with Crippen molar-refractivity contribution in [1.82, 2.24) is 4.90 Å². The highest BCUT2D eigenvalue weighted by atomic mass is 19.4. The fourth-order valence-corrected chi connectivity index (χ4v) is 1.75. The van der Waals surface area contributed by atoms with Crippen molar-refractivity contribution in [3.05, 3.63) is 35.9 Å². The van der Waals surface area contributed by atoms with Gasteiger partial charge >= 0.3 is 6.18 Å². The van der Waals surface area contributed by atoms with E-state index in [-0.39, 0.29) is 13.1 Å². The molecule has 0 aliphatic rings. The number of nitrogens with zero attached hydrogens (tertiary/aromatic N) is 2. The van der Waals surface area contributed by atoms with Crippen molar-refractivity contribution in [2.75, 3.05) is 20.1 Å². The van der Waals surface area contributed by atoms with Crippen LogP contribution in [-0.4, -0.2) is 31.2 Å². The summed E-state index contributed by atoms with van der Waals surface area (Å²) in [5, 5.41) is 9.19. The molecule has 0 saturated heterocycles. The highest BCUT2D eigenvalue weighted by Crippen LogP contribution is 2.22. The Morgan fingerprint density at radius 1 is 1.26 bits per heavy atom. The molecule has 0 aliphatic heterocycles. The van der Waals surface area contributed by atoms with Crippen LogP contribution < -0.4 is 5.73 Å². The van der Waals surface area contributed by atoms with Gasteiger partial charge in [-0.05, 0) is 12.6 Å². The average molecular weight is 271 g/mol. The van der Waals surface area contributed by atoms with Gasteiger partial charge in [-0.25, -0.2) is 0 Å². The minimum atomic E-state index is -4.20. The van der Waals surface area contributed by atoms with Crippen LogP contribution in [0.3, 0.4) is 0 Å². The van der Waals surface area contributed by atoms with Gasteiger partial charge in [0.25, 0.3) is 0 Å². The van der Waals surface area contributed by atoms with Crippen LogP contribution in [0.5, 0.6) is 0 Å². The Hall–Kier alpha value is -1.58. The smallest absolute Gasteiger partial charge is 0.309 e. The second-order valence-electron chi connectivity index (χ2n) is 4.55. The molecule has 0 fully saturated rings. The molecule has 0 bridgehead atoms. The van der Waals surface area contributed by atoms with Crippen molar-refractivity contribution in [2.45, 2.75) is 18.1 Å². The zero-order chi connectivity index (χ0) is 14.5. The van der Waals surface area contributed by atoms with Crippen molar-refractivity contribution in [2.24, 2.45) is 5.73 Å². The predicted octanol–water partition coefficient (Wildman–Crippen LogP) is 2.25. The lowest BCUT2D eigenvalue weighted by molar-refractivity contribution is -0.137. The fourth-order valence-electron chi connectivity index (χ4n) is 1.75. The molecular formula is C13H16F3N3. The van der Waals surface area contributed by atoms with E-state index in [4.69, 9.17) is 5.73 Å². The quantitative estimate of drug-likeness (QED) is 0.893. The molecule has 0 amide bonds. The number of likely N-dealkylation sites (N-methyl/N-ethyl adjacent to an activating group) is 1. The lowest BCUT2D eigenvalue weighted by atomic mass is 9.92. The summed E-state index contributed by atoms with van der Waals surface area (Å²) >= 11 is 0. The third-order valence-electron chi connectivity index (χ3n) is 2.78. The number of halogens is 3. The Morgan fingerprint density at radius 2 is 1.84 bits per heavy atom. The van der Waals surface area contributed by atoms with Gasteiger partial charge < -0.3 is 10.6 Å². The van der Waals surface area contributed by atoms with Crippen LogP contribution >= 0.6 is 0 Å². The van der Waals surface area contributed by atoms with Gasteiger partial charge in [0.15, 0.2) is 0 Å². The zero-order valence-electron chi connectivity index (χ0n) is 10.6. The lowest BCUT2D eigenvalue weighted by Gasteiger charge is -2.28. The van der Waals surface area contributed by atoms with Crippen molar-refractivity contribution in [3.8, 4) is 6.07 Å². The van der Waals surface area contributed by atoms with Gasteiger partial charge in [-0.15, -0.1) is 0 Å². The summed E-state index contributed by atoms with van der Waals surface area (Å²) in [5.74, 6) is 0. The van der Waals surface area contributed by atoms with E-state index in [1.54, 1.807) is 30.3 Å². The standard InChI is InChI=1S/C13H16F3N3/c1-19(8-7-13(14,15)16)10-12(18,9-17)11-5-3-2-4-6-11/h2-6H,7-8,10,18H2,1H3. The third kappa shape index (κ3) is 4.89. The number of nitriles is 1. The molecule has 104 valence electrons.